The van der Waals surface area contributed by atoms with Crippen LogP contribution >= 0.6 is 0 Å². The number of likely N-dealkylation sites (N-methyl/N-ethyl adjacent to an activating group) is 1. The maximum absolute atomic E-state index is 13.4. The zero-order chi connectivity index (χ0) is 26.7. The second kappa shape index (κ2) is 11.0. The highest BCUT2D eigenvalue weighted by Gasteiger charge is 2.46. The van der Waals surface area contributed by atoms with Crippen LogP contribution in [0.25, 0.3) is 11.4 Å². The van der Waals surface area contributed by atoms with Gasteiger partial charge in [-0.05, 0) is 56.3 Å². The number of rotatable bonds is 10. The van der Waals surface area contributed by atoms with Crippen LogP contribution in [0, 0.1) is 13.8 Å². The molecule has 3 aromatic rings. The van der Waals surface area contributed by atoms with E-state index in [0.29, 0.717) is 48.0 Å². The number of amides is 1. The van der Waals surface area contributed by atoms with Gasteiger partial charge < -0.3 is 24.0 Å². The second-order valence-corrected chi connectivity index (χ2v) is 9.12. The molecule has 4 rings (SSSR count). The van der Waals surface area contributed by atoms with Gasteiger partial charge in [0.05, 0.1) is 17.3 Å². The predicted octanol–water partition coefficient (Wildman–Crippen LogP) is 4.28. The number of fused-ring (bicyclic) bond motifs is 1. The predicted molar refractivity (Wildman–Crippen MR) is 144 cm³/mol. The summed E-state index contributed by atoms with van der Waals surface area (Å²) in [6.07, 6.45) is 3.51. The summed E-state index contributed by atoms with van der Waals surface area (Å²) in [5.74, 6) is -1.03. The van der Waals surface area contributed by atoms with E-state index in [0.717, 1.165) is 18.7 Å². The molecule has 8 heteroatoms. The van der Waals surface area contributed by atoms with Gasteiger partial charge in [-0.25, -0.2) is 4.98 Å². The lowest BCUT2D eigenvalue weighted by Crippen LogP contribution is -2.38. The van der Waals surface area contributed by atoms with E-state index in [2.05, 4.69) is 30.3 Å². The number of ether oxygens (including phenoxy) is 1. The molecule has 194 valence electrons. The van der Waals surface area contributed by atoms with Gasteiger partial charge in [0.1, 0.15) is 23.7 Å². The minimum atomic E-state index is -0.770. The summed E-state index contributed by atoms with van der Waals surface area (Å²) >= 11 is 0. The molecule has 2 aromatic heterocycles. The van der Waals surface area contributed by atoms with Gasteiger partial charge in [-0.3, -0.25) is 9.59 Å². The Kier molecular flexibility index (Phi) is 7.78. The van der Waals surface area contributed by atoms with Crippen molar-refractivity contribution in [3.63, 3.8) is 0 Å². The summed E-state index contributed by atoms with van der Waals surface area (Å²) in [7, 11) is 0. The molecule has 0 radical (unpaired) electrons. The Morgan fingerprint density at radius 2 is 1.95 bits per heavy atom. The molecule has 1 N–H and O–H groups in total. The summed E-state index contributed by atoms with van der Waals surface area (Å²) < 4.78 is 7.60. The lowest BCUT2D eigenvalue weighted by Gasteiger charge is -2.28. The van der Waals surface area contributed by atoms with Crippen LogP contribution in [-0.2, 0) is 9.59 Å². The van der Waals surface area contributed by atoms with Crippen LogP contribution < -0.4 is 4.74 Å². The number of aliphatic hydroxyl groups excluding tert-OH is 1. The number of hydrogen-bond acceptors (Lipinski definition) is 6. The van der Waals surface area contributed by atoms with Gasteiger partial charge in [0, 0.05) is 19.3 Å². The van der Waals surface area contributed by atoms with Crippen LogP contribution in [0.3, 0.4) is 0 Å². The van der Waals surface area contributed by atoms with Crippen molar-refractivity contribution in [2.45, 2.75) is 33.7 Å². The molecular formula is C29H34N4O4. The van der Waals surface area contributed by atoms with E-state index in [1.807, 2.05) is 54.8 Å². The average molecular weight is 503 g/mol. The monoisotopic (exact) mass is 502 g/mol. The normalized spacial score (nSPS) is 17.2. The Labute approximate surface area is 217 Å². The third-order valence-corrected chi connectivity index (χ3v) is 6.94. The standard InChI is InChI=1S/C29H34N4O4/c1-6-17-37-22-13-9-12-21(18-22)25-23(27(35)29(36)33(25)16-15-31(7-2)8-3)26(34)24-20(5)32-14-10-11-19(4)28(32)30-24/h6,9-14,18,25,34H,1,7-8,15-17H2,2-5H3. The van der Waals surface area contributed by atoms with Gasteiger partial charge in [0.15, 0.2) is 5.76 Å². The zero-order valence-electron chi connectivity index (χ0n) is 21.9. The highest BCUT2D eigenvalue weighted by Crippen LogP contribution is 2.40. The van der Waals surface area contributed by atoms with Gasteiger partial charge in [-0.15, -0.1) is 0 Å². The highest BCUT2D eigenvalue weighted by atomic mass is 16.5. The van der Waals surface area contributed by atoms with Crippen molar-refractivity contribution in [1.82, 2.24) is 19.2 Å². The molecule has 0 aliphatic carbocycles. The first-order chi connectivity index (χ1) is 17.8. The molecule has 1 unspecified atom stereocenters. The Balaban J connectivity index is 1.87. The van der Waals surface area contributed by atoms with E-state index in [1.54, 1.807) is 17.0 Å². The summed E-state index contributed by atoms with van der Waals surface area (Å²) in [4.78, 5) is 35.2. The van der Waals surface area contributed by atoms with Crippen LogP contribution in [0.5, 0.6) is 5.75 Å². The van der Waals surface area contributed by atoms with Crippen molar-refractivity contribution in [3.8, 4) is 5.75 Å². The van der Waals surface area contributed by atoms with E-state index in [4.69, 9.17) is 4.74 Å². The molecule has 1 aliphatic rings. The minimum absolute atomic E-state index is 0.0366. The number of carbonyl (C=O) groups excluding carboxylic acids is 2. The lowest BCUT2D eigenvalue weighted by atomic mass is 9.96. The van der Waals surface area contributed by atoms with Crippen LogP contribution in [0.1, 0.15) is 42.4 Å². The van der Waals surface area contributed by atoms with Gasteiger partial charge >= 0.3 is 0 Å². The molecule has 8 nitrogen and oxygen atoms in total. The summed E-state index contributed by atoms with van der Waals surface area (Å²) in [6.45, 7) is 14.5. The number of carbonyl (C=O) groups is 2. The van der Waals surface area contributed by atoms with Gasteiger partial charge in [0.2, 0.25) is 0 Å². The van der Waals surface area contributed by atoms with Gasteiger partial charge in [0.25, 0.3) is 11.7 Å². The lowest BCUT2D eigenvalue weighted by molar-refractivity contribution is -0.140. The van der Waals surface area contributed by atoms with Crippen molar-refractivity contribution < 1.29 is 19.4 Å². The van der Waals surface area contributed by atoms with Gasteiger partial charge in [-0.1, -0.05) is 44.7 Å². The number of ketones is 1. The number of Topliss-reactive ketones (excluding diaryl/α,β-unsaturated/α-hetero) is 1. The molecule has 3 heterocycles. The number of pyridine rings is 1. The van der Waals surface area contributed by atoms with Crippen LogP contribution in [0.2, 0.25) is 0 Å². The molecule has 1 amide bonds. The Morgan fingerprint density at radius 3 is 2.62 bits per heavy atom. The molecule has 1 fully saturated rings. The number of aryl methyl sites for hydroxylation is 2. The molecular weight excluding hydrogens is 468 g/mol. The number of benzene rings is 1. The van der Waals surface area contributed by atoms with Crippen molar-refractivity contribution in [2.75, 3.05) is 32.8 Å². The number of imidazole rings is 1. The first-order valence-corrected chi connectivity index (χ1v) is 12.6. The van der Waals surface area contributed by atoms with Crippen molar-refractivity contribution in [1.29, 1.82) is 0 Å². The molecule has 0 bridgehead atoms. The van der Waals surface area contributed by atoms with Crippen molar-refractivity contribution in [2.24, 2.45) is 0 Å². The molecule has 37 heavy (non-hydrogen) atoms. The zero-order valence-corrected chi connectivity index (χ0v) is 21.9. The number of hydrogen-bond donors (Lipinski definition) is 1. The first-order valence-electron chi connectivity index (χ1n) is 12.6. The highest BCUT2D eigenvalue weighted by molar-refractivity contribution is 6.46. The van der Waals surface area contributed by atoms with Gasteiger partial charge in [-0.2, -0.15) is 0 Å². The Morgan fingerprint density at radius 1 is 1.19 bits per heavy atom. The minimum Gasteiger partial charge on any atom is -0.505 e. The van der Waals surface area contributed by atoms with E-state index in [-0.39, 0.29) is 11.3 Å². The van der Waals surface area contributed by atoms with E-state index >= 15 is 0 Å². The fourth-order valence-electron chi connectivity index (χ4n) is 4.85. The Hall–Kier alpha value is -3.91. The Bertz CT molecular complexity index is 1370. The average Bonchev–Trinajstić information content (AvgIpc) is 3.38. The molecule has 0 saturated carbocycles. The maximum Gasteiger partial charge on any atom is 0.295 e. The number of aromatic nitrogens is 2. The summed E-state index contributed by atoms with van der Waals surface area (Å²) in [5, 5.41) is 11.6. The maximum atomic E-state index is 13.4. The third-order valence-electron chi connectivity index (χ3n) is 6.94. The SMILES string of the molecule is C=CCOc1cccc(C2C(=C(O)c3nc4c(C)cccn4c3C)C(=O)C(=O)N2CCN(CC)CC)c1. The summed E-state index contributed by atoms with van der Waals surface area (Å²) in [6, 6.07) is 10.3. The quantitative estimate of drug-likeness (QED) is 0.193. The second-order valence-electron chi connectivity index (χ2n) is 9.12. The number of likely N-dealkylation sites (tertiary alicyclic amines) is 1. The fraction of sp³-hybridized carbons (Fsp3) is 0.345. The topological polar surface area (TPSA) is 87.4 Å². The molecule has 1 aromatic carbocycles. The van der Waals surface area contributed by atoms with E-state index in [9.17, 15) is 14.7 Å². The van der Waals surface area contributed by atoms with Crippen LogP contribution in [0.4, 0.5) is 0 Å². The number of nitrogens with zero attached hydrogens (tertiary/aromatic N) is 4. The molecule has 1 saturated heterocycles. The van der Waals surface area contributed by atoms with E-state index in [1.165, 1.54) is 0 Å². The third kappa shape index (κ3) is 4.89. The number of aliphatic hydroxyl groups is 1. The fourth-order valence-corrected chi connectivity index (χ4v) is 4.85. The van der Waals surface area contributed by atoms with Crippen LogP contribution in [0.15, 0.2) is 60.8 Å². The van der Waals surface area contributed by atoms with Crippen LogP contribution in [-0.4, -0.2) is 68.8 Å². The van der Waals surface area contributed by atoms with Crippen molar-refractivity contribution >= 4 is 23.1 Å². The summed E-state index contributed by atoms with van der Waals surface area (Å²) in [5.41, 5.74) is 3.32. The smallest absolute Gasteiger partial charge is 0.295 e. The molecule has 0 spiro atoms. The molecule has 1 aliphatic heterocycles. The first kappa shape index (κ1) is 26.2. The largest absolute Gasteiger partial charge is 0.505 e. The van der Waals surface area contributed by atoms with Crippen molar-refractivity contribution in [3.05, 3.63) is 83.3 Å². The van der Waals surface area contributed by atoms with E-state index < -0.39 is 17.7 Å². The molecule has 1 atom stereocenters.